The van der Waals surface area contributed by atoms with Crippen LogP contribution in [-0.4, -0.2) is 27.1 Å². The first-order valence-corrected chi connectivity index (χ1v) is 13.0. The van der Waals surface area contributed by atoms with Gasteiger partial charge in [0, 0.05) is 24.4 Å². The van der Waals surface area contributed by atoms with Crippen molar-refractivity contribution < 1.29 is 14.6 Å². The molecule has 6 unspecified atom stereocenters. The molecule has 1 heterocycles. The molecule has 0 spiro atoms. The van der Waals surface area contributed by atoms with Crippen LogP contribution in [0.15, 0.2) is 60.7 Å². The number of rotatable bonds is 3. The zero-order valence-electron chi connectivity index (χ0n) is 20.6. The third-order valence-corrected chi connectivity index (χ3v) is 9.91. The molecule has 1 aromatic heterocycles. The molecule has 0 bridgehead atoms. The third kappa shape index (κ3) is 3.54. The summed E-state index contributed by atoms with van der Waals surface area (Å²) in [4.78, 5) is 21.3. The van der Waals surface area contributed by atoms with Gasteiger partial charge in [-0.05, 0) is 84.8 Å². The number of benzene rings is 1. The summed E-state index contributed by atoms with van der Waals surface area (Å²) in [6, 6.07) is 6.62. The number of phenols is 1. The summed E-state index contributed by atoms with van der Waals surface area (Å²) in [5.74, 6) is 1.57. The highest BCUT2D eigenvalue weighted by Gasteiger charge is 2.57. The van der Waals surface area contributed by atoms with Gasteiger partial charge in [-0.1, -0.05) is 43.7 Å². The Morgan fingerprint density at radius 2 is 1.77 bits per heavy atom. The molecule has 2 saturated carbocycles. The number of allylic oxidation sites excluding steroid dienone is 3. The molecule has 1 aromatic carbocycles. The van der Waals surface area contributed by atoms with Crippen LogP contribution >= 0.6 is 0 Å². The molecule has 5 nitrogen and oxygen atoms in total. The molecule has 2 fully saturated rings. The fourth-order valence-corrected chi connectivity index (χ4v) is 8.04. The third-order valence-electron chi connectivity index (χ3n) is 9.91. The van der Waals surface area contributed by atoms with E-state index in [0.29, 0.717) is 17.8 Å². The van der Waals surface area contributed by atoms with Crippen LogP contribution in [0, 0.1) is 28.6 Å². The predicted octanol–water partition coefficient (Wildman–Crippen LogP) is 6.36. The summed E-state index contributed by atoms with van der Waals surface area (Å²) >= 11 is 0. The second-order valence-corrected chi connectivity index (χ2v) is 11.5. The Labute approximate surface area is 207 Å². The van der Waals surface area contributed by atoms with Gasteiger partial charge in [0.05, 0.1) is 0 Å². The fourth-order valence-electron chi connectivity index (χ4n) is 8.04. The molecule has 182 valence electrons. The number of hydrogen-bond donors (Lipinski definition) is 1. The quantitative estimate of drug-likeness (QED) is 0.417. The number of esters is 1. The SMILES string of the molecule is CC12CCC(OC(=O)c3ccccc3O)CC1=CCC1C2CCC2(C)C(c3cncnc3)=CCC12. The van der Waals surface area contributed by atoms with Crippen molar-refractivity contribution in [3.05, 3.63) is 71.8 Å². The number of nitrogens with zero attached hydrogens (tertiary/aromatic N) is 2. The first-order valence-electron chi connectivity index (χ1n) is 13.0. The summed E-state index contributed by atoms with van der Waals surface area (Å²) in [6.45, 7) is 4.93. The number of aromatic hydroxyl groups is 1. The van der Waals surface area contributed by atoms with Gasteiger partial charge in [-0.3, -0.25) is 0 Å². The van der Waals surface area contributed by atoms with Crippen LogP contribution in [0.1, 0.15) is 74.7 Å². The van der Waals surface area contributed by atoms with Crippen LogP contribution in [0.3, 0.4) is 0 Å². The molecule has 4 aliphatic carbocycles. The number of para-hydroxylation sites is 1. The summed E-state index contributed by atoms with van der Waals surface area (Å²) in [5, 5.41) is 10.0. The summed E-state index contributed by atoms with van der Waals surface area (Å²) in [6.07, 6.45) is 17.8. The van der Waals surface area contributed by atoms with E-state index in [1.165, 1.54) is 35.6 Å². The molecule has 0 radical (unpaired) electrons. The second kappa shape index (κ2) is 8.32. The minimum absolute atomic E-state index is 0.0188. The van der Waals surface area contributed by atoms with Crippen LogP contribution in [0.4, 0.5) is 0 Å². The van der Waals surface area contributed by atoms with Crippen molar-refractivity contribution in [3.63, 3.8) is 0 Å². The summed E-state index contributed by atoms with van der Waals surface area (Å²) in [5.41, 5.74) is 4.73. The molecule has 5 heteroatoms. The van der Waals surface area contributed by atoms with E-state index in [2.05, 4.69) is 36.0 Å². The zero-order valence-corrected chi connectivity index (χ0v) is 20.6. The van der Waals surface area contributed by atoms with E-state index in [1.54, 1.807) is 24.5 Å². The van der Waals surface area contributed by atoms with Crippen molar-refractivity contribution in [1.29, 1.82) is 0 Å². The van der Waals surface area contributed by atoms with E-state index < -0.39 is 5.97 Å². The highest BCUT2D eigenvalue weighted by Crippen LogP contribution is 2.66. The Hall–Kier alpha value is -2.95. The number of ether oxygens (including phenoxy) is 1. The topological polar surface area (TPSA) is 72.3 Å². The molecule has 2 aromatic rings. The van der Waals surface area contributed by atoms with Crippen LogP contribution in [0.25, 0.3) is 5.57 Å². The monoisotopic (exact) mass is 470 g/mol. The maximum Gasteiger partial charge on any atom is 0.342 e. The van der Waals surface area contributed by atoms with E-state index in [0.717, 1.165) is 32.1 Å². The van der Waals surface area contributed by atoms with Crippen molar-refractivity contribution in [2.24, 2.45) is 28.6 Å². The maximum atomic E-state index is 12.7. The minimum atomic E-state index is -0.422. The lowest BCUT2D eigenvalue weighted by Crippen LogP contribution is -2.50. The molecule has 4 aliphatic rings. The smallest absolute Gasteiger partial charge is 0.342 e. The lowest BCUT2D eigenvalue weighted by Gasteiger charge is -2.57. The van der Waals surface area contributed by atoms with Gasteiger partial charge in [-0.25, -0.2) is 14.8 Å². The van der Waals surface area contributed by atoms with Crippen molar-refractivity contribution in [1.82, 2.24) is 9.97 Å². The van der Waals surface area contributed by atoms with E-state index in [1.807, 2.05) is 12.4 Å². The number of phenolic OH excluding ortho intramolecular Hbond substituents is 1. The molecule has 35 heavy (non-hydrogen) atoms. The van der Waals surface area contributed by atoms with Crippen LogP contribution < -0.4 is 0 Å². The van der Waals surface area contributed by atoms with Gasteiger partial charge in [-0.15, -0.1) is 0 Å². The second-order valence-electron chi connectivity index (χ2n) is 11.5. The standard InChI is InChI=1S/C30H34N2O3/c1-29-13-11-21(35-28(34)23-5-3-4-6-27(23)33)15-20(29)7-8-22-25-10-9-24(19-16-31-18-32-17-19)30(25,2)14-12-26(22)29/h3-7,9,16-18,21-22,25-26,33H,8,10-15H2,1-2H3. The number of hydrogen-bond acceptors (Lipinski definition) is 5. The Kier molecular flexibility index (Phi) is 5.35. The molecule has 0 amide bonds. The van der Waals surface area contributed by atoms with E-state index >= 15 is 0 Å². The number of fused-ring (bicyclic) bond motifs is 5. The summed E-state index contributed by atoms with van der Waals surface area (Å²) in [7, 11) is 0. The van der Waals surface area contributed by atoms with Gasteiger partial charge in [0.15, 0.2) is 0 Å². The predicted molar refractivity (Wildman–Crippen MR) is 134 cm³/mol. The van der Waals surface area contributed by atoms with Crippen molar-refractivity contribution in [2.75, 3.05) is 0 Å². The Bertz CT molecular complexity index is 1210. The molecule has 0 saturated heterocycles. The Balaban J connectivity index is 1.20. The Morgan fingerprint density at radius 3 is 2.57 bits per heavy atom. The van der Waals surface area contributed by atoms with Crippen molar-refractivity contribution in [2.45, 2.75) is 64.9 Å². The van der Waals surface area contributed by atoms with Gasteiger partial charge in [0.2, 0.25) is 0 Å². The van der Waals surface area contributed by atoms with Crippen molar-refractivity contribution in [3.8, 4) is 5.75 Å². The van der Waals surface area contributed by atoms with Gasteiger partial charge < -0.3 is 9.84 Å². The number of carbonyl (C=O) groups excluding carboxylic acids is 1. The van der Waals surface area contributed by atoms with E-state index in [4.69, 9.17) is 4.74 Å². The van der Waals surface area contributed by atoms with Gasteiger partial charge in [0.1, 0.15) is 23.7 Å². The first-order chi connectivity index (χ1) is 16.9. The first kappa shape index (κ1) is 22.5. The normalized spacial score (nSPS) is 35.7. The molecular formula is C30H34N2O3. The van der Waals surface area contributed by atoms with Crippen LogP contribution in [0.2, 0.25) is 0 Å². The maximum absolute atomic E-state index is 12.7. The number of carbonyl (C=O) groups is 1. The van der Waals surface area contributed by atoms with E-state index in [-0.39, 0.29) is 28.2 Å². The number of aromatic nitrogens is 2. The fraction of sp³-hybridized carbons (Fsp3) is 0.500. The molecule has 0 aliphatic heterocycles. The largest absolute Gasteiger partial charge is 0.507 e. The van der Waals surface area contributed by atoms with Gasteiger partial charge in [-0.2, -0.15) is 0 Å². The zero-order chi connectivity index (χ0) is 24.2. The van der Waals surface area contributed by atoms with Gasteiger partial charge in [0.25, 0.3) is 0 Å². The molecular weight excluding hydrogens is 436 g/mol. The Morgan fingerprint density at radius 1 is 1.00 bits per heavy atom. The lowest BCUT2D eigenvalue weighted by atomic mass is 9.47. The van der Waals surface area contributed by atoms with Crippen molar-refractivity contribution >= 4 is 11.5 Å². The average molecular weight is 471 g/mol. The average Bonchev–Trinajstić information content (AvgIpc) is 3.22. The highest BCUT2D eigenvalue weighted by atomic mass is 16.5. The van der Waals surface area contributed by atoms with Crippen LogP contribution in [0.5, 0.6) is 5.75 Å². The van der Waals surface area contributed by atoms with Crippen LogP contribution in [-0.2, 0) is 4.74 Å². The highest BCUT2D eigenvalue weighted by molar-refractivity contribution is 5.92. The van der Waals surface area contributed by atoms with Gasteiger partial charge >= 0.3 is 5.97 Å². The molecule has 6 atom stereocenters. The van der Waals surface area contributed by atoms with E-state index in [9.17, 15) is 9.90 Å². The lowest BCUT2D eigenvalue weighted by molar-refractivity contribution is -0.0307. The summed E-state index contributed by atoms with van der Waals surface area (Å²) < 4.78 is 5.88. The molecule has 6 rings (SSSR count). The minimum Gasteiger partial charge on any atom is -0.507 e. The molecule has 1 N–H and O–H groups in total.